The van der Waals surface area contributed by atoms with E-state index in [0.717, 1.165) is 13.2 Å². The van der Waals surface area contributed by atoms with Gasteiger partial charge in [0.05, 0.1) is 0 Å². The number of rotatable bonds is 3. The van der Waals surface area contributed by atoms with E-state index in [1.807, 2.05) is 0 Å². The first kappa shape index (κ1) is 10.0. The summed E-state index contributed by atoms with van der Waals surface area (Å²) in [6, 6.07) is 0.586. The van der Waals surface area contributed by atoms with Crippen molar-refractivity contribution in [1.29, 1.82) is 0 Å². The molecule has 0 spiro atoms. The van der Waals surface area contributed by atoms with E-state index in [0.29, 0.717) is 11.6 Å². The third-order valence-corrected chi connectivity index (χ3v) is 2.72. The van der Waals surface area contributed by atoms with Crippen molar-refractivity contribution in [3.63, 3.8) is 0 Å². The van der Waals surface area contributed by atoms with Gasteiger partial charge in [-0.2, -0.15) is 0 Å². The Labute approximate surface area is 75.7 Å². The molecule has 1 aliphatic rings. The van der Waals surface area contributed by atoms with Crippen LogP contribution in [0.5, 0.6) is 0 Å². The lowest BCUT2D eigenvalue weighted by Gasteiger charge is -2.39. The molecule has 12 heavy (non-hydrogen) atoms. The van der Waals surface area contributed by atoms with Crippen LogP contribution in [0.4, 0.5) is 0 Å². The predicted molar refractivity (Wildman–Crippen MR) is 51.3 cm³/mol. The first-order valence-corrected chi connectivity index (χ1v) is 5.04. The summed E-state index contributed by atoms with van der Waals surface area (Å²) in [5.41, 5.74) is 0.367. The van der Waals surface area contributed by atoms with Crippen LogP contribution in [0.15, 0.2) is 0 Å². The Kier molecular flexibility index (Phi) is 3.53. The van der Waals surface area contributed by atoms with E-state index >= 15 is 0 Å². The first-order chi connectivity index (χ1) is 5.68. The van der Waals surface area contributed by atoms with Gasteiger partial charge in [-0.3, -0.25) is 0 Å². The molecule has 1 fully saturated rings. The summed E-state index contributed by atoms with van der Waals surface area (Å²) >= 11 is 0. The molecule has 1 N–H and O–H groups in total. The molecule has 0 radical (unpaired) electrons. The van der Waals surface area contributed by atoms with Crippen LogP contribution >= 0.6 is 0 Å². The van der Waals surface area contributed by atoms with Crippen LogP contribution in [0, 0.1) is 0 Å². The predicted octanol–water partition coefficient (Wildman–Crippen LogP) is 1.94. The summed E-state index contributed by atoms with van der Waals surface area (Å²) in [5, 5.41) is 3.66. The van der Waals surface area contributed by atoms with Gasteiger partial charge in [0.25, 0.3) is 0 Å². The van der Waals surface area contributed by atoms with Gasteiger partial charge in [-0.05, 0) is 19.3 Å². The van der Waals surface area contributed by atoms with Gasteiger partial charge in [0.15, 0.2) is 0 Å². The minimum atomic E-state index is 0.367. The third-order valence-electron chi connectivity index (χ3n) is 2.72. The summed E-state index contributed by atoms with van der Waals surface area (Å²) in [7, 11) is 0. The molecule has 0 bridgehead atoms. The molecule has 2 nitrogen and oxygen atoms in total. The highest BCUT2D eigenvalue weighted by atomic mass is 16.5. The molecule has 1 rings (SSSR count). The van der Waals surface area contributed by atoms with Crippen LogP contribution in [-0.2, 0) is 4.74 Å². The van der Waals surface area contributed by atoms with Gasteiger partial charge in [-0.15, -0.1) is 0 Å². The third kappa shape index (κ3) is 2.46. The number of hydrogen-bond acceptors (Lipinski definition) is 2. The standard InChI is InChI=1S/C10H21NO/c1-4-10(11-9(2)3)5-7-12-8-6-10/h9,11H,4-8H2,1-3H3. The Bertz CT molecular complexity index is 128. The molecule has 0 amide bonds. The second-order valence-corrected chi connectivity index (χ2v) is 4.05. The van der Waals surface area contributed by atoms with Gasteiger partial charge < -0.3 is 10.1 Å². The topological polar surface area (TPSA) is 21.3 Å². The van der Waals surface area contributed by atoms with E-state index in [1.165, 1.54) is 19.3 Å². The molecular formula is C10H21NO. The van der Waals surface area contributed by atoms with E-state index in [1.54, 1.807) is 0 Å². The lowest BCUT2D eigenvalue weighted by Crippen LogP contribution is -2.51. The summed E-state index contributed by atoms with van der Waals surface area (Å²) < 4.78 is 5.37. The average Bonchev–Trinajstić information content (AvgIpc) is 2.05. The van der Waals surface area contributed by atoms with Crippen LogP contribution < -0.4 is 5.32 Å². The molecule has 0 aromatic rings. The molecule has 0 aromatic carbocycles. The van der Waals surface area contributed by atoms with E-state index in [4.69, 9.17) is 4.74 Å². The van der Waals surface area contributed by atoms with Crippen molar-refractivity contribution in [1.82, 2.24) is 5.32 Å². The summed E-state index contributed by atoms with van der Waals surface area (Å²) in [5.74, 6) is 0. The van der Waals surface area contributed by atoms with E-state index in [9.17, 15) is 0 Å². The van der Waals surface area contributed by atoms with E-state index in [-0.39, 0.29) is 0 Å². The molecule has 1 heterocycles. The van der Waals surface area contributed by atoms with Crippen molar-refractivity contribution >= 4 is 0 Å². The average molecular weight is 171 g/mol. The summed E-state index contributed by atoms with van der Waals surface area (Å²) in [4.78, 5) is 0. The lowest BCUT2D eigenvalue weighted by atomic mass is 9.87. The number of hydrogen-bond donors (Lipinski definition) is 1. The smallest absolute Gasteiger partial charge is 0.0483 e. The van der Waals surface area contributed by atoms with Gasteiger partial charge in [-0.25, -0.2) is 0 Å². The van der Waals surface area contributed by atoms with Crippen molar-refractivity contribution in [2.24, 2.45) is 0 Å². The van der Waals surface area contributed by atoms with Crippen LogP contribution in [0.2, 0.25) is 0 Å². The van der Waals surface area contributed by atoms with E-state index < -0.39 is 0 Å². The van der Waals surface area contributed by atoms with E-state index in [2.05, 4.69) is 26.1 Å². The van der Waals surface area contributed by atoms with Crippen molar-refractivity contribution in [2.75, 3.05) is 13.2 Å². The molecule has 1 saturated heterocycles. The van der Waals surface area contributed by atoms with Crippen LogP contribution in [0.1, 0.15) is 40.0 Å². The van der Waals surface area contributed by atoms with Gasteiger partial charge in [0.2, 0.25) is 0 Å². The SMILES string of the molecule is CCC1(NC(C)C)CCOCC1. The number of nitrogens with one attached hydrogen (secondary N) is 1. The molecule has 0 unspecified atom stereocenters. The van der Waals surface area contributed by atoms with Crippen LogP contribution in [-0.4, -0.2) is 24.8 Å². The zero-order chi connectivity index (χ0) is 9.03. The maximum absolute atomic E-state index is 5.37. The largest absolute Gasteiger partial charge is 0.381 e. The first-order valence-electron chi connectivity index (χ1n) is 5.04. The molecule has 1 aliphatic heterocycles. The quantitative estimate of drug-likeness (QED) is 0.700. The van der Waals surface area contributed by atoms with Crippen LogP contribution in [0.25, 0.3) is 0 Å². The molecular weight excluding hydrogens is 150 g/mol. The fourth-order valence-corrected chi connectivity index (χ4v) is 1.97. The second-order valence-electron chi connectivity index (χ2n) is 4.05. The summed E-state index contributed by atoms with van der Waals surface area (Å²) in [6.07, 6.45) is 3.55. The number of ether oxygens (including phenoxy) is 1. The van der Waals surface area contributed by atoms with Crippen molar-refractivity contribution in [3.05, 3.63) is 0 Å². The van der Waals surface area contributed by atoms with Crippen molar-refractivity contribution in [3.8, 4) is 0 Å². The fraction of sp³-hybridized carbons (Fsp3) is 1.00. The molecule has 72 valence electrons. The highest BCUT2D eigenvalue weighted by Crippen LogP contribution is 2.24. The maximum atomic E-state index is 5.37. The minimum Gasteiger partial charge on any atom is -0.381 e. The molecule has 0 aromatic heterocycles. The highest BCUT2D eigenvalue weighted by Gasteiger charge is 2.30. The molecule has 0 aliphatic carbocycles. The van der Waals surface area contributed by atoms with Crippen molar-refractivity contribution in [2.45, 2.75) is 51.6 Å². The maximum Gasteiger partial charge on any atom is 0.0483 e. The minimum absolute atomic E-state index is 0.367. The monoisotopic (exact) mass is 171 g/mol. The Morgan fingerprint density at radius 2 is 1.92 bits per heavy atom. The highest BCUT2D eigenvalue weighted by molar-refractivity contribution is 4.89. The van der Waals surface area contributed by atoms with Gasteiger partial charge >= 0.3 is 0 Å². The van der Waals surface area contributed by atoms with Gasteiger partial charge in [0.1, 0.15) is 0 Å². The van der Waals surface area contributed by atoms with Crippen LogP contribution in [0.3, 0.4) is 0 Å². The summed E-state index contributed by atoms with van der Waals surface area (Å²) in [6.45, 7) is 8.54. The van der Waals surface area contributed by atoms with Gasteiger partial charge in [0, 0.05) is 24.8 Å². The Balaban J connectivity index is 2.48. The lowest BCUT2D eigenvalue weighted by molar-refractivity contribution is 0.0331. The Morgan fingerprint density at radius 3 is 2.33 bits per heavy atom. The normalized spacial score (nSPS) is 23.0. The molecule has 2 heteroatoms. The second kappa shape index (κ2) is 4.24. The van der Waals surface area contributed by atoms with Gasteiger partial charge in [-0.1, -0.05) is 20.8 Å². The Morgan fingerprint density at radius 1 is 1.33 bits per heavy atom. The van der Waals surface area contributed by atoms with Crippen molar-refractivity contribution < 1.29 is 4.74 Å². The zero-order valence-electron chi connectivity index (χ0n) is 8.52. The zero-order valence-corrected chi connectivity index (χ0v) is 8.52. The molecule has 0 saturated carbocycles. The Hall–Kier alpha value is -0.0800. The fourth-order valence-electron chi connectivity index (χ4n) is 1.97. The molecule has 0 atom stereocenters.